The molecule has 0 amide bonds. The molecule has 0 saturated heterocycles. The van der Waals surface area contributed by atoms with Gasteiger partial charge in [0.05, 0.1) is 0 Å². The first kappa shape index (κ1) is 27.6. The number of rotatable bonds is 20. The molecule has 0 aromatic carbocycles. The van der Waals surface area contributed by atoms with Crippen molar-refractivity contribution >= 4 is 0 Å². The SMILES string of the molecule is CCOCCCOCCCCCCCCCCCCCCC(F)(F)C(F)(F)F. The van der Waals surface area contributed by atoms with Gasteiger partial charge < -0.3 is 9.47 Å². The van der Waals surface area contributed by atoms with Crippen molar-refractivity contribution in [3.8, 4) is 0 Å². The molecule has 0 aromatic rings. The highest BCUT2D eigenvalue weighted by Crippen LogP contribution is 2.39. The second kappa shape index (κ2) is 17.4. The van der Waals surface area contributed by atoms with Crippen molar-refractivity contribution in [2.75, 3.05) is 26.4 Å². The molecule has 0 atom stereocenters. The van der Waals surface area contributed by atoms with E-state index in [4.69, 9.17) is 9.47 Å². The van der Waals surface area contributed by atoms with E-state index >= 15 is 0 Å². The Labute approximate surface area is 167 Å². The Morgan fingerprint density at radius 2 is 0.893 bits per heavy atom. The zero-order valence-electron chi connectivity index (χ0n) is 17.4. The van der Waals surface area contributed by atoms with Gasteiger partial charge in [-0.2, -0.15) is 22.0 Å². The molecule has 0 heterocycles. The Hall–Kier alpha value is -0.430. The van der Waals surface area contributed by atoms with Crippen molar-refractivity contribution in [2.24, 2.45) is 0 Å². The third-order valence-corrected chi connectivity index (χ3v) is 4.73. The molecule has 0 radical (unpaired) electrons. The molecule has 7 heteroatoms. The molecule has 0 aliphatic rings. The normalized spacial score (nSPS) is 12.6. The second-order valence-electron chi connectivity index (χ2n) is 7.36. The molecular weight excluding hydrogens is 379 g/mol. The molecule has 0 rings (SSSR count). The Bertz CT molecular complexity index is 335. The van der Waals surface area contributed by atoms with Crippen molar-refractivity contribution < 1.29 is 31.4 Å². The molecule has 0 aromatic heterocycles. The van der Waals surface area contributed by atoms with Gasteiger partial charge in [-0.25, -0.2) is 0 Å². The van der Waals surface area contributed by atoms with Gasteiger partial charge in [-0.3, -0.25) is 0 Å². The smallest absolute Gasteiger partial charge is 0.382 e. The quantitative estimate of drug-likeness (QED) is 0.149. The Morgan fingerprint density at radius 3 is 1.36 bits per heavy atom. The van der Waals surface area contributed by atoms with Crippen LogP contribution in [0.25, 0.3) is 0 Å². The van der Waals surface area contributed by atoms with Crippen LogP contribution in [0.3, 0.4) is 0 Å². The van der Waals surface area contributed by atoms with Gasteiger partial charge in [0.15, 0.2) is 0 Å². The molecule has 0 unspecified atom stereocenters. The minimum Gasteiger partial charge on any atom is -0.382 e. The van der Waals surface area contributed by atoms with Gasteiger partial charge in [-0.15, -0.1) is 0 Å². The van der Waals surface area contributed by atoms with Crippen LogP contribution in [0, 0.1) is 0 Å². The van der Waals surface area contributed by atoms with Crippen molar-refractivity contribution in [3.05, 3.63) is 0 Å². The predicted octanol–water partition coefficient (Wildman–Crippen LogP) is 7.70. The van der Waals surface area contributed by atoms with E-state index in [-0.39, 0.29) is 6.42 Å². The number of hydrogen-bond donors (Lipinski definition) is 0. The highest BCUT2D eigenvalue weighted by atomic mass is 19.4. The number of halogens is 5. The van der Waals surface area contributed by atoms with Crippen LogP contribution >= 0.6 is 0 Å². The maximum atomic E-state index is 12.7. The first-order valence-corrected chi connectivity index (χ1v) is 10.9. The molecule has 0 aliphatic carbocycles. The summed E-state index contributed by atoms with van der Waals surface area (Å²) in [5, 5.41) is 0. The van der Waals surface area contributed by atoms with Gasteiger partial charge in [0.25, 0.3) is 0 Å². The fraction of sp³-hybridized carbons (Fsp3) is 1.00. The number of unbranched alkanes of at least 4 members (excludes halogenated alkanes) is 11. The van der Waals surface area contributed by atoms with E-state index < -0.39 is 18.5 Å². The van der Waals surface area contributed by atoms with Crippen LogP contribution in [0.5, 0.6) is 0 Å². The van der Waals surface area contributed by atoms with E-state index in [1.54, 1.807) is 0 Å². The maximum absolute atomic E-state index is 12.7. The zero-order chi connectivity index (χ0) is 21.1. The van der Waals surface area contributed by atoms with Gasteiger partial charge in [0, 0.05) is 32.8 Å². The average Bonchev–Trinajstić information content (AvgIpc) is 2.62. The summed E-state index contributed by atoms with van der Waals surface area (Å²) >= 11 is 0. The number of alkyl halides is 5. The lowest BCUT2D eigenvalue weighted by Gasteiger charge is -2.19. The molecule has 0 saturated carbocycles. The van der Waals surface area contributed by atoms with Crippen LogP contribution in [-0.4, -0.2) is 38.5 Å². The van der Waals surface area contributed by atoms with Gasteiger partial charge in [-0.05, 0) is 26.2 Å². The summed E-state index contributed by atoms with van der Waals surface area (Å²) in [6.45, 7) is 5.10. The fourth-order valence-electron chi connectivity index (χ4n) is 2.97. The minimum atomic E-state index is -5.41. The van der Waals surface area contributed by atoms with E-state index in [0.717, 1.165) is 65.0 Å². The molecular formula is C21H39F5O2. The number of ether oxygens (including phenoxy) is 2. The lowest BCUT2D eigenvalue weighted by atomic mass is 10.0. The van der Waals surface area contributed by atoms with Crippen molar-refractivity contribution in [1.29, 1.82) is 0 Å². The van der Waals surface area contributed by atoms with Gasteiger partial charge in [0.1, 0.15) is 0 Å². The van der Waals surface area contributed by atoms with E-state index in [9.17, 15) is 22.0 Å². The van der Waals surface area contributed by atoms with Crippen LogP contribution < -0.4 is 0 Å². The average molecular weight is 419 g/mol. The molecule has 0 spiro atoms. The topological polar surface area (TPSA) is 18.5 Å². The third kappa shape index (κ3) is 16.5. The maximum Gasteiger partial charge on any atom is 0.453 e. The number of hydrogen-bond acceptors (Lipinski definition) is 2. The van der Waals surface area contributed by atoms with E-state index in [0.29, 0.717) is 6.42 Å². The molecule has 28 heavy (non-hydrogen) atoms. The fourth-order valence-corrected chi connectivity index (χ4v) is 2.97. The molecule has 0 bridgehead atoms. The summed E-state index contributed by atoms with van der Waals surface area (Å²) in [4.78, 5) is 0. The summed E-state index contributed by atoms with van der Waals surface area (Å²) in [6, 6.07) is 0. The minimum absolute atomic E-state index is 0.0667. The van der Waals surface area contributed by atoms with Gasteiger partial charge in [-0.1, -0.05) is 64.2 Å². The van der Waals surface area contributed by atoms with Crippen molar-refractivity contribution in [2.45, 2.75) is 109 Å². The van der Waals surface area contributed by atoms with Crippen LogP contribution in [-0.2, 0) is 9.47 Å². The molecule has 170 valence electrons. The Balaban J connectivity index is 3.18. The molecule has 0 N–H and O–H groups in total. The monoisotopic (exact) mass is 418 g/mol. The van der Waals surface area contributed by atoms with Gasteiger partial charge >= 0.3 is 12.1 Å². The van der Waals surface area contributed by atoms with Crippen molar-refractivity contribution in [1.82, 2.24) is 0 Å². The largest absolute Gasteiger partial charge is 0.453 e. The summed E-state index contributed by atoms with van der Waals surface area (Å²) in [7, 11) is 0. The first-order valence-electron chi connectivity index (χ1n) is 10.9. The highest BCUT2D eigenvalue weighted by Gasteiger charge is 2.56. The highest BCUT2D eigenvalue weighted by molar-refractivity contribution is 4.75. The lowest BCUT2D eigenvalue weighted by Crippen LogP contribution is -2.36. The second-order valence-corrected chi connectivity index (χ2v) is 7.36. The van der Waals surface area contributed by atoms with Crippen LogP contribution in [0.15, 0.2) is 0 Å². The lowest BCUT2D eigenvalue weighted by molar-refractivity contribution is -0.284. The Morgan fingerprint density at radius 1 is 0.500 bits per heavy atom. The first-order chi connectivity index (χ1) is 13.3. The predicted molar refractivity (Wildman–Crippen MR) is 103 cm³/mol. The molecule has 0 aliphatic heterocycles. The van der Waals surface area contributed by atoms with Gasteiger partial charge in [0.2, 0.25) is 0 Å². The zero-order valence-corrected chi connectivity index (χ0v) is 17.4. The van der Waals surface area contributed by atoms with Crippen LogP contribution in [0.4, 0.5) is 22.0 Å². The summed E-state index contributed by atoms with van der Waals surface area (Å²) < 4.78 is 72.2. The third-order valence-electron chi connectivity index (χ3n) is 4.73. The summed E-state index contributed by atoms with van der Waals surface area (Å²) in [5.41, 5.74) is 0. The summed E-state index contributed by atoms with van der Waals surface area (Å²) in [6.07, 6.45) is 5.72. The van der Waals surface area contributed by atoms with E-state index in [1.807, 2.05) is 6.92 Å². The molecule has 2 nitrogen and oxygen atoms in total. The van der Waals surface area contributed by atoms with Crippen molar-refractivity contribution in [3.63, 3.8) is 0 Å². The van der Waals surface area contributed by atoms with E-state index in [2.05, 4.69) is 0 Å². The van der Waals surface area contributed by atoms with Crippen LogP contribution in [0.1, 0.15) is 96.8 Å². The molecule has 0 fully saturated rings. The Kier molecular flexibility index (Phi) is 17.2. The van der Waals surface area contributed by atoms with Crippen LogP contribution in [0.2, 0.25) is 0 Å². The standard InChI is InChI=1S/C21H39F5O2/c1-2-27-18-15-19-28-17-14-12-10-8-6-4-3-5-7-9-11-13-16-20(22,23)21(24,25)26/h2-19H2,1H3. The van der Waals surface area contributed by atoms with E-state index in [1.165, 1.54) is 32.1 Å². The summed E-state index contributed by atoms with van der Waals surface area (Å²) in [5.74, 6) is -4.54.